The highest BCUT2D eigenvalue weighted by molar-refractivity contribution is 4.80. The molecule has 0 spiro atoms. The Hall–Kier alpha value is -0.0800. The topological polar surface area (TPSA) is 15.3 Å². The summed E-state index contributed by atoms with van der Waals surface area (Å²) in [7, 11) is 0. The van der Waals surface area contributed by atoms with Gasteiger partial charge >= 0.3 is 0 Å². The van der Waals surface area contributed by atoms with Gasteiger partial charge in [-0.1, -0.05) is 13.8 Å². The molecule has 1 saturated carbocycles. The molecule has 0 amide bonds. The van der Waals surface area contributed by atoms with Crippen LogP contribution in [0.5, 0.6) is 0 Å². The Kier molecular flexibility index (Phi) is 4.66. The SMILES string of the molecule is CCN1CCC(CNC2CCC(C)CC2)C1. The first-order valence-corrected chi connectivity index (χ1v) is 7.23. The highest BCUT2D eigenvalue weighted by atomic mass is 15.1. The van der Waals surface area contributed by atoms with Crippen molar-refractivity contribution in [3.8, 4) is 0 Å². The van der Waals surface area contributed by atoms with Crippen LogP contribution in [-0.2, 0) is 0 Å². The molecule has 16 heavy (non-hydrogen) atoms. The van der Waals surface area contributed by atoms with Gasteiger partial charge in [0.05, 0.1) is 0 Å². The van der Waals surface area contributed by atoms with Crippen molar-refractivity contribution in [2.75, 3.05) is 26.2 Å². The Morgan fingerprint density at radius 1 is 1.12 bits per heavy atom. The molecule has 0 aromatic heterocycles. The van der Waals surface area contributed by atoms with E-state index >= 15 is 0 Å². The largest absolute Gasteiger partial charge is 0.314 e. The van der Waals surface area contributed by atoms with Crippen LogP contribution < -0.4 is 5.32 Å². The maximum Gasteiger partial charge on any atom is 0.00673 e. The highest BCUT2D eigenvalue weighted by Gasteiger charge is 2.23. The molecule has 1 atom stereocenters. The van der Waals surface area contributed by atoms with Crippen LogP contribution in [0.1, 0.15) is 46.0 Å². The second-order valence-electron chi connectivity index (χ2n) is 5.91. The van der Waals surface area contributed by atoms with Gasteiger partial charge in [0.15, 0.2) is 0 Å². The normalized spacial score (nSPS) is 36.8. The standard InChI is InChI=1S/C14H28N2/c1-3-16-9-8-13(11-16)10-15-14-6-4-12(2)5-7-14/h12-15H,3-11H2,1-2H3. The molecule has 0 aromatic carbocycles. The fourth-order valence-corrected chi connectivity index (χ4v) is 3.16. The average molecular weight is 224 g/mol. The van der Waals surface area contributed by atoms with E-state index in [1.54, 1.807) is 0 Å². The Balaban J connectivity index is 1.61. The fourth-order valence-electron chi connectivity index (χ4n) is 3.16. The van der Waals surface area contributed by atoms with Gasteiger partial charge in [-0.2, -0.15) is 0 Å². The van der Waals surface area contributed by atoms with Gasteiger partial charge in [-0.3, -0.25) is 0 Å². The molecule has 1 N–H and O–H groups in total. The summed E-state index contributed by atoms with van der Waals surface area (Å²) in [6.07, 6.45) is 7.09. The first-order chi connectivity index (χ1) is 7.78. The molecule has 1 saturated heterocycles. The molecule has 1 aliphatic heterocycles. The van der Waals surface area contributed by atoms with Gasteiger partial charge in [0.25, 0.3) is 0 Å². The third-order valence-electron chi connectivity index (χ3n) is 4.53. The number of nitrogens with one attached hydrogen (secondary N) is 1. The van der Waals surface area contributed by atoms with E-state index in [2.05, 4.69) is 24.1 Å². The quantitative estimate of drug-likeness (QED) is 0.789. The summed E-state index contributed by atoms with van der Waals surface area (Å²) < 4.78 is 0. The molecule has 0 radical (unpaired) electrons. The number of hydrogen-bond acceptors (Lipinski definition) is 2. The van der Waals surface area contributed by atoms with E-state index < -0.39 is 0 Å². The van der Waals surface area contributed by atoms with Crippen molar-refractivity contribution in [1.82, 2.24) is 10.2 Å². The summed E-state index contributed by atoms with van der Waals surface area (Å²) in [5.41, 5.74) is 0. The van der Waals surface area contributed by atoms with E-state index in [1.807, 2.05) is 0 Å². The van der Waals surface area contributed by atoms with Crippen LogP contribution in [0.3, 0.4) is 0 Å². The lowest BCUT2D eigenvalue weighted by Gasteiger charge is -2.28. The summed E-state index contributed by atoms with van der Waals surface area (Å²) in [6, 6.07) is 0.826. The predicted octanol–water partition coefficient (Wildman–Crippen LogP) is 2.50. The van der Waals surface area contributed by atoms with E-state index in [9.17, 15) is 0 Å². The number of rotatable bonds is 4. The van der Waals surface area contributed by atoms with Crippen molar-refractivity contribution in [3.63, 3.8) is 0 Å². The zero-order chi connectivity index (χ0) is 11.4. The van der Waals surface area contributed by atoms with Crippen LogP contribution in [-0.4, -0.2) is 37.1 Å². The Morgan fingerprint density at radius 3 is 2.50 bits per heavy atom. The predicted molar refractivity (Wildman–Crippen MR) is 69.6 cm³/mol. The van der Waals surface area contributed by atoms with Crippen LogP contribution in [0.4, 0.5) is 0 Å². The average Bonchev–Trinajstić information content (AvgIpc) is 2.76. The minimum Gasteiger partial charge on any atom is -0.314 e. The summed E-state index contributed by atoms with van der Waals surface area (Å²) >= 11 is 0. The van der Waals surface area contributed by atoms with Crippen LogP contribution in [0, 0.1) is 11.8 Å². The van der Waals surface area contributed by atoms with Gasteiger partial charge in [-0.05, 0) is 63.6 Å². The summed E-state index contributed by atoms with van der Waals surface area (Å²) in [6.45, 7) is 9.81. The third kappa shape index (κ3) is 3.46. The lowest BCUT2D eigenvalue weighted by Crippen LogP contribution is -2.36. The molecular weight excluding hydrogens is 196 g/mol. The molecule has 0 bridgehead atoms. The molecule has 2 rings (SSSR count). The number of nitrogens with zero attached hydrogens (tertiary/aromatic N) is 1. The van der Waals surface area contributed by atoms with Gasteiger partial charge in [-0.25, -0.2) is 0 Å². The third-order valence-corrected chi connectivity index (χ3v) is 4.53. The minimum atomic E-state index is 0.826. The van der Waals surface area contributed by atoms with Gasteiger partial charge in [0.2, 0.25) is 0 Å². The molecule has 94 valence electrons. The van der Waals surface area contributed by atoms with E-state index in [1.165, 1.54) is 58.3 Å². The van der Waals surface area contributed by atoms with E-state index in [0.717, 1.165) is 17.9 Å². The monoisotopic (exact) mass is 224 g/mol. The van der Waals surface area contributed by atoms with Crippen LogP contribution in [0.25, 0.3) is 0 Å². The molecule has 2 nitrogen and oxygen atoms in total. The molecular formula is C14H28N2. The molecule has 2 heteroatoms. The second kappa shape index (κ2) is 6.02. The first kappa shape index (κ1) is 12.4. The van der Waals surface area contributed by atoms with Gasteiger partial charge in [-0.15, -0.1) is 0 Å². The molecule has 0 aromatic rings. The van der Waals surface area contributed by atoms with Crippen molar-refractivity contribution in [1.29, 1.82) is 0 Å². The van der Waals surface area contributed by atoms with Gasteiger partial charge in [0, 0.05) is 12.6 Å². The molecule has 1 aliphatic carbocycles. The molecule has 1 unspecified atom stereocenters. The van der Waals surface area contributed by atoms with E-state index in [4.69, 9.17) is 0 Å². The fraction of sp³-hybridized carbons (Fsp3) is 1.00. The van der Waals surface area contributed by atoms with E-state index in [0.29, 0.717) is 0 Å². The van der Waals surface area contributed by atoms with Crippen LogP contribution in [0.15, 0.2) is 0 Å². The van der Waals surface area contributed by atoms with Crippen molar-refractivity contribution in [2.45, 2.75) is 52.0 Å². The van der Waals surface area contributed by atoms with Crippen LogP contribution in [0.2, 0.25) is 0 Å². The number of likely N-dealkylation sites (tertiary alicyclic amines) is 1. The van der Waals surface area contributed by atoms with Crippen molar-refractivity contribution < 1.29 is 0 Å². The summed E-state index contributed by atoms with van der Waals surface area (Å²) in [5.74, 6) is 1.89. The zero-order valence-electron chi connectivity index (χ0n) is 11.0. The summed E-state index contributed by atoms with van der Waals surface area (Å²) in [5, 5.41) is 3.80. The van der Waals surface area contributed by atoms with E-state index in [-0.39, 0.29) is 0 Å². The summed E-state index contributed by atoms with van der Waals surface area (Å²) in [4.78, 5) is 2.58. The molecule has 1 heterocycles. The number of hydrogen-bond donors (Lipinski definition) is 1. The lowest BCUT2D eigenvalue weighted by atomic mass is 9.87. The maximum atomic E-state index is 3.80. The Morgan fingerprint density at radius 2 is 1.88 bits per heavy atom. The van der Waals surface area contributed by atoms with Crippen molar-refractivity contribution >= 4 is 0 Å². The van der Waals surface area contributed by atoms with Gasteiger partial charge < -0.3 is 10.2 Å². The second-order valence-corrected chi connectivity index (χ2v) is 5.91. The lowest BCUT2D eigenvalue weighted by molar-refractivity contribution is 0.289. The molecule has 2 aliphatic rings. The van der Waals surface area contributed by atoms with Crippen molar-refractivity contribution in [2.24, 2.45) is 11.8 Å². The minimum absolute atomic E-state index is 0.826. The van der Waals surface area contributed by atoms with Crippen LogP contribution >= 0.6 is 0 Å². The van der Waals surface area contributed by atoms with Crippen molar-refractivity contribution in [3.05, 3.63) is 0 Å². The van der Waals surface area contributed by atoms with Gasteiger partial charge in [0.1, 0.15) is 0 Å². The first-order valence-electron chi connectivity index (χ1n) is 7.23. The maximum absolute atomic E-state index is 3.80. The molecule has 2 fully saturated rings. The Labute approximate surface area is 101 Å². The zero-order valence-corrected chi connectivity index (χ0v) is 11.0. The smallest absolute Gasteiger partial charge is 0.00673 e. The highest BCUT2D eigenvalue weighted by Crippen LogP contribution is 2.24. The Bertz CT molecular complexity index is 195.